The van der Waals surface area contributed by atoms with Crippen molar-refractivity contribution in [3.63, 3.8) is 0 Å². The van der Waals surface area contributed by atoms with E-state index in [0.29, 0.717) is 211 Å². The van der Waals surface area contributed by atoms with Crippen molar-refractivity contribution in [3.8, 4) is 85.3 Å². The molecule has 9 aliphatic rings. The van der Waals surface area contributed by atoms with Gasteiger partial charge < -0.3 is 80.7 Å². The Kier molecular flexibility index (Phi) is 31.4. The van der Waals surface area contributed by atoms with E-state index in [-0.39, 0.29) is 124 Å². The molecule has 4 saturated carbocycles. The zero-order chi connectivity index (χ0) is 106. The van der Waals surface area contributed by atoms with E-state index in [0.717, 1.165) is 42.4 Å². The van der Waals surface area contributed by atoms with Crippen molar-refractivity contribution < 1.29 is 112 Å². The van der Waals surface area contributed by atoms with Crippen molar-refractivity contribution in [2.45, 2.75) is 175 Å². The van der Waals surface area contributed by atoms with Crippen molar-refractivity contribution in [3.05, 3.63) is 269 Å². The minimum Gasteiger partial charge on any atom is -0.506 e. The van der Waals surface area contributed by atoms with E-state index in [1.54, 1.807) is 202 Å². The number of hydrogen-bond acceptors (Lipinski definition) is 28. The Bertz CT molecular complexity index is 7560. The van der Waals surface area contributed by atoms with Gasteiger partial charge in [-0.1, -0.05) is 103 Å². The van der Waals surface area contributed by atoms with Crippen LogP contribution in [-0.2, 0) is 87.5 Å². The normalized spacial score (nSPS) is 19.1. The molecule has 8 aromatic carbocycles. The number of methoxy groups -OCH3 is 3. The van der Waals surface area contributed by atoms with Crippen LogP contribution in [0, 0.1) is 0 Å². The van der Waals surface area contributed by atoms with Gasteiger partial charge in [0.1, 0.15) is 34.8 Å². The van der Waals surface area contributed by atoms with E-state index >= 15 is 0 Å². The summed E-state index contributed by atoms with van der Waals surface area (Å²) < 4.78 is 137. The predicted octanol–water partition coefficient (Wildman–Crippen LogP) is 13.6. The summed E-state index contributed by atoms with van der Waals surface area (Å²) in [5.41, 5.74) is 6.14. The van der Waals surface area contributed by atoms with Gasteiger partial charge in [0, 0.05) is 78.2 Å². The Balaban J connectivity index is 0.000000131. The van der Waals surface area contributed by atoms with Crippen LogP contribution >= 0.6 is 11.6 Å². The maximum Gasteiger partial charge on any atom is 0.243 e. The number of carbonyl (C=O) groups is 4. The SMILES string of the molecule is COc1cc(C2(C(=O)Nc3cccc(-c4ccc(S(=O)(=O)N5CCC[C@@H]5CO)cc4)n3)CC2)cc2c1OCO2.COc1cc(C2(C(=O)Nc3cccc(-c4ccc(S(=O)(=O)N5CCC[C@@H]5CO)cc4)n3)CC2)ccc1O.COc1ccc(C2(C(=O)Nc3cccc(-c4ccc(S(=O)(=O)N5CCC[C@@H]5CO)cc4)n3)CC2)cc1CO.O=C(Nc1cccc(-c2ccc(S(=O)(=O)N3CCC[C@@H]3CO)cc2)n1)C1(c2ccc(Cl)c(O)c2)CC1. The second kappa shape index (κ2) is 44.2. The molecule has 0 unspecified atom stereocenters. The lowest BCUT2D eigenvalue weighted by Gasteiger charge is -2.22. The zero-order valence-corrected chi connectivity index (χ0v) is 86.4. The molecular weight excluding hydrogens is 2020 g/mol. The second-order valence-electron chi connectivity index (χ2n) is 38.4. The van der Waals surface area contributed by atoms with Crippen molar-refractivity contribution in [2.75, 3.05) is 102 Å². The third-order valence-electron chi connectivity index (χ3n) is 29.3. The molecule has 4 saturated heterocycles. The average molecular weight is 2140 g/mol. The molecule has 4 aliphatic carbocycles. The van der Waals surface area contributed by atoms with Crippen molar-refractivity contribution >= 4 is 98.6 Å². The van der Waals surface area contributed by atoms with Crippen molar-refractivity contribution in [1.82, 2.24) is 37.2 Å². The molecule has 9 heterocycles. The van der Waals surface area contributed by atoms with Crippen LogP contribution in [0.1, 0.15) is 131 Å². The number of amides is 4. The summed E-state index contributed by atoms with van der Waals surface area (Å²) in [5, 5.41) is 79.5. The number of halogens is 1. The number of nitrogens with one attached hydrogen (secondary N) is 4. The van der Waals surface area contributed by atoms with E-state index in [9.17, 15) is 88.6 Å². The minimum atomic E-state index is -3.70. The highest BCUT2D eigenvalue weighted by molar-refractivity contribution is 7.90. The fourth-order valence-corrected chi connectivity index (χ4v) is 26.9. The largest absolute Gasteiger partial charge is 0.506 e. The van der Waals surface area contributed by atoms with Crippen molar-refractivity contribution in [2.24, 2.45) is 0 Å². The molecule has 786 valence electrons. The van der Waals surface area contributed by atoms with Gasteiger partial charge in [-0.2, -0.15) is 17.2 Å². The smallest absolute Gasteiger partial charge is 0.243 e. The summed E-state index contributed by atoms with van der Waals surface area (Å²) in [6, 6.07) is 64.4. The lowest BCUT2D eigenvalue weighted by Crippen LogP contribution is -2.37. The number of aliphatic hydroxyl groups excluding tert-OH is 5. The first-order valence-corrected chi connectivity index (χ1v) is 55.5. The number of anilines is 4. The number of aromatic hydroxyl groups is 2. The lowest BCUT2D eigenvalue weighted by molar-refractivity contribution is -0.119. The van der Waals surface area contributed by atoms with E-state index < -0.39 is 61.8 Å². The summed E-state index contributed by atoms with van der Waals surface area (Å²) in [4.78, 5) is 72.1. The Morgan fingerprint density at radius 1 is 0.353 bits per heavy atom. The quantitative estimate of drug-likeness (QED) is 0.0186. The molecule has 36 nitrogen and oxygen atoms in total. The Morgan fingerprint density at radius 3 is 0.960 bits per heavy atom. The number of carbonyl (C=O) groups excluding carboxylic acids is 4. The fourth-order valence-electron chi connectivity index (χ4n) is 20.0. The third-order valence-corrected chi connectivity index (χ3v) is 37.5. The van der Waals surface area contributed by atoms with Crippen LogP contribution in [0.3, 0.4) is 0 Å². The molecule has 5 aliphatic heterocycles. The summed E-state index contributed by atoms with van der Waals surface area (Å²) in [6.07, 6.45) is 10.9. The fraction of sp³-hybridized carbons (Fsp3) is 0.339. The summed E-state index contributed by atoms with van der Waals surface area (Å²) in [7, 11) is -10.2. The number of sulfonamides is 4. The second-order valence-corrected chi connectivity index (χ2v) is 46.4. The van der Waals surface area contributed by atoms with Gasteiger partial charge in [-0.15, -0.1) is 0 Å². The molecule has 4 aromatic heterocycles. The first kappa shape index (κ1) is 106. The van der Waals surface area contributed by atoms with Crippen LogP contribution in [-0.4, -0.2) is 235 Å². The van der Waals surface area contributed by atoms with E-state index in [1.165, 1.54) is 48.6 Å². The van der Waals surface area contributed by atoms with Crippen molar-refractivity contribution in [1.29, 1.82) is 0 Å². The summed E-state index contributed by atoms with van der Waals surface area (Å²) >= 11 is 5.91. The van der Waals surface area contributed by atoms with Gasteiger partial charge in [0.15, 0.2) is 23.0 Å². The van der Waals surface area contributed by atoms with Gasteiger partial charge >= 0.3 is 0 Å². The molecule has 4 amide bonds. The molecule has 11 N–H and O–H groups in total. The Morgan fingerprint density at radius 2 is 0.653 bits per heavy atom. The lowest BCUT2D eigenvalue weighted by atomic mass is 9.93. The van der Waals surface area contributed by atoms with Crippen LogP contribution < -0.4 is 45.0 Å². The van der Waals surface area contributed by atoms with Gasteiger partial charge in [0.2, 0.25) is 76.3 Å². The third kappa shape index (κ3) is 21.8. The maximum absolute atomic E-state index is 13.4. The predicted molar refractivity (Wildman–Crippen MR) is 559 cm³/mol. The Labute approximate surface area is 873 Å². The summed E-state index contributed by atoms with van der Waals surface area (Å²) in [6.45, 7) is 0.758. The molecule has 41 heteroatoms. The highest BCUT2D eigenvalue weighted by atomic mass is 35.5. The number of phenols is 2. The average Bonchev–Trinajstić information content (AvgIpc) is 1.50. The number of nitrogens with zero attached hydrogens (tertiary/aromatic N) is 8. The molecule has 4 atom stereocenters. The number of aromatic nitrogens is 4. The topological polar surface area (TPSA) is 505 Å². The van der Waals surface area contributed by atoms with Gasteiger partial charge in [-0.25, -0.2) is 53.6 Å². The number of rotatable bonds is 32. The van der Waals surface area contributed by atoms with E-state index in [4.69, 9.17) is 35.3 Å². The number of aliphatic hydroxyl groups is 5. The van der Waals surface area contributed by atoms with Gasteiger partial charge in [-0.3, -0.25) is 19.2 Å². The minimum absolute atomic E-state index is 0.0179. The van der Waals surface area contributed by atoms with Gasteiger partial charge in [-0.05, 0) is 271 Å². The maximum atomic E-state index is 13.4. The number of phenolic OH excluding ortho intramolecular Hbond substituents is 2. The monoisotopic (exact) mass is 2140 g/mol. The van der Waals surface area contributed by atoms with Gasteiger partial charge in [0.05, 0.1) is 123 Å². The zero-order valence-electron chi connectivity index (χ0n) is 82.4. The number of pyridine rings is 4. The Hall–Kier alpha value is -13.4. The molecule has 12 aromatic rings. The summed E-state index contributed by atoms with van der Waals surface area (Å²) in [5.74, 6) is 3.32. The van der Waals surface area contributed by atoms with E-state index in [2.05, 4.69) is 41.2 Å². The molecule has 8 fully saturated rings. The highest BCUT2D eigenvalue weighted by Gasteiger charge is 2.56. The van der Waals surface area contributed by atoms with Crippen LogP contribution in [0.25, 0.3) is 45.0 Å². The molecular formula is C109H115ClN12O24S4. The van der Waals surface area contributed by atoms with Crippen LogP contribution in [0.2, 0.25) is 5.02 Å². The number of hydrogen-bond donors (Lipinski definition) is 11. The molecule has 0 radical (unpaired) electrons. The standard InChI is InChI=1S/C28H29N3O7S.C28H31N3O6S.C27H29N3O6S.C26H26ClN3O5S/c1-36-23-14-19(15-24-26(23)38-17-37-24)28(11-12-28)27(33)30-25-6-2-5-22(29-25)18-7-9-21(10-8-18)39(34,35)31-13-3-4-20(31)16-32;1-37-25-12-9-21(16-20(25)17-32)28(13-14-28)27(34)30-26-6-2-5-24(29-26)19-7-10-23(11-8-19)38(35,36)31-15-3-4-22(31)18-33;1-36-24-16-19(9-12-23(24)32)27(13-14-27)26(33)29-25-6-2-5-22(28-25)18-7-10-21(11-8-18)37(34,35)30-15-3-4-20(30)17-31;27-21-11-8-18(15-23(21)32)26(12-13-26)25(33)29-24-5-1-4-22(28-24)17-6-9-20(10-7-17)36(34,35)30-14-2-3-19(30)16-31/h2,5-10,14-15,20,32H,3-4,11-13,16-17H2,1H3,(H,29,30,33);2,5-12,16,22,32-33H,3-4,13-15,17-18H2,1H3,(H,29,30,34);2,5-12,16,20,31-32H,3-4,13-15,17H2,1H3,(H,28,29,33);1,4-11,15,19,31-32H,2-3,12-14,16H2,(H,28,29,33)/t20-;22-;20-;19-/m1111/s1. The van der Waals surface area contributed by atoms with E-state index in [1.807, 2.05) is 24.3 Å². The number of ether oxygens (including phenoxy) is 5. The molecule has 21 rings (SSSR count). The molecule has 0 spiro atoms. The molecule has 150 heavy (non-hydrogen) atoms. The van der Waals surface area contributed by atoms with Crippen LogP contribution in [0.15, 0.2) is 256 Å². The highest BCUT2D eigenvalue weighted by Crippen LogP contribution is 2.56. The number of benzene rings is 8. The van der Waals surface area contributed by atoms with Crippen LogP contribution in [0.5, 0.6) is 40.2 Å². The first-order chi connectivity index (χ1) is 72.2. The first-order valence-electron chi connectivity index (χ1n) is 49.4. The van der Waals surface area contributed by atoms with Gasteiger partial charge in [0.25, 0.3) is 0 Å². The van der Waals surface area contributed by atoms with Crippen LogP contribution in [0.4, 0.5) is 23.3 Å². The molecule has 0 bridgehead atoms. The number of fused-ring (bicyclic) bond motifs is 1.